The van der Waals surface area contributed by atoms with E-state index in [9.17, 15) is 26.7 Å². The summed E-state index contributed by atoms with van der Waals surface area (Å²) in [6.07, 6.45) is -1.73. The van der Waals surface area contributed by atoms with Crippen LogP contribution in [0.4, 0.5) is 23.5 Å². The third-order valence-corrected chi connectivity index (χ3v) is 8.42. The normalized spacial score (nSPS) is 19.8. The zero-order valence-corrected chi connectivity index (χ0v) is 21.7. The summed E-state index contributed by atoms with van der Waals surface area (Å²) in [6, 6.07) is -0.924. The van der Waals surface area contributed by atoms with Gasteiger partial charge in [0.05, 0.1) is 17.8 Å². The summed E-state index contributed by atoms with van der Waals surface area (Å²) in [5.41, 5.74) is -2.65. The maximum absolute atomic E-state index is 15.0. The zero-order valence-electron chi connectivity index (χ0n) is 20.1. The van der Waals surface area contributed by atoms with Crippen molar-refractivity contribution < 1.29 is 31.1 Å². The average molecular weight is 564 g/mol. The van der Waals surface area contributed by atoms with Crippen LogP contribution in [0.3, 0.4) is 0 Å². The number of alkyl halides is 4. The molecule has 2 atom stereocenters. The number of sulfonamides is 1. The van der Waals surface area contributed by atoms with E-state index in [1.807, 2.05) is 0 Å². The molecule has 4 heterocycles. The van der Waals surface area contributed by atoms with Gasteiger partial charge in [0.25, 0.3) is 0 Å². The summed E-state index contributed by atoms with van der Waals surface area (Å²) in [7, 11) is -2.38. The minimum absolute atomic E-state index is 0.0183. The predicted molar refractivity (Wildman–Crippen MR) is 127 cm³/mol. The number of anilines is 1. The molecule has 3 aromatic heterocycles. The number of halogens is 4. The van der Waals surface area contributed by atoms with Crippen LogP contribution in [-0.4, -0.2) is 73.5 Å². The van der Waals surface area contributed by atoms with E-state index in [-0.39, 0.29) is 35.2 Å². The van der Waals surface area contributed by atoms with Gasteiger partial charge in [-0.15, -0.1) is 11.3 Å². The molecule has 0 spiro atoms. The lowest BCUT2D eigenvalue weighted by Crippen LogP contribution is -2.50. The van der Waals surface area contributed by atoms with E-state index >= 15 is 4.39 Å². The molecular formula is C21H25F4N7O3S2. The molecule has 16 heteroatoms. The van der Waals surface area contributed by atoms with Crippen molar-refractivity contribution in [1.29, 1.82) is 0 Å². The first-order valence-electron chi connectivity index (χ1n) is 11.1. The third-order valence-electron chi connectivity index (χ3n) is 5.59. The minimum Gasteiger partial charge on any atom is -0.390 e. The van der Waals surface area contributed by atoms with Gasteiger partial charge in [-0.2, -0.15) is 22.6 Å². The summed E-state index contributed by atoms with van der Waals surface area (Å²) in [6.45, 7) is 2.67. The summed E-state index contributed by atoms with van der Waals surface area (Å²) < 4.78 is 83.9. The number of nitrogens with zero attached hydrogens (tertiary/aromatic N) is 6. The molecule has 1 fully saturated rings. The van der Waals surface area contributed by atoms with E-state index in [4.69, 9.17) is 0 Å². The first-order chi connectivity index (χ1) is 17.1. The summed E-state index contributed by atoms with van der Waals surface area (Å²) in [5.74, 6) is -0.238. The number of hydrogen-bond donors (Lipinski definition) is 2. The highest BCUT2D eigenvalue weighted by molar-refractivity contribution is 7.89. The number of aryl methyl sites for hydroxylation is 1. The number of rotatable bonds is 7. The highest BCUT2D eigenvalue weighted by Gasteiger charge is 2.39. The van der Waals surface area contributed by atoms with E-state index in [1.165, 1.54) is 23.3 Å². The molecule has 0 saturated carbocycles. The fraction of sp³-hybridized carbons (Fsp3) is 0.524. The molecule has 202 valence electrons. The molecule has 2 N–H and O–H groups in total. The molecule has 4 rings (SSSR count). The molecule has 1 aliphatic rings. The first-order valence-corrected chi connectivity index (χ1v) is 13.4. The van der Waals surface area contributed by atoms with E-state index in [0.717, 1.165) is 15.6 Å². The molecule has 10 nitrogen and oxygen atoms in total. The zero-order chi connectivity index (χ0) is 27.2. The summed E-state index contributed by atoms with van der Waals surface area (Å²) in [4.78, 5) is 12.3. The molecule has 3 aromatic rings. The number of thiazole rings is 1. The summed E-state index contributed by atoms with van der Waals surface area (Å²) in [5, 5.41) is 16.5. The van der Waals surface area contributed by atoms with Crippen LogP contribution in [0.25, 0.3) is 10.7 Å². The second-order valence-corrected chi connectivity index (χ2v) is 12.4. The van der Waals surface area contributed by atoms with E-state index in [0.29, 0.717) is 11.1 Å². The van der Waals surface area contributed by atoms with E-state index < -0.39 is 51.8 Å². The lowest BCUT2D eigenvalue weighted by Gasteiger charge is -2.34. The van der Waals surface area contributed by atoms with E-state index in [1.54, 1.807) is 20.9 Å². The van der Waals surface area contributed by atoms with Gasteiger partial charge in [0.1, 0.15) is 27.3 Å². The first kappa shape index (κ1) is 27.3. The third kappa shape index (κ3) is 6.25. The van der Waals surface area contributed by atoms with Gasteiger partial charge in [0.2, 0.25) is 16.0 Å². The maximum Gasteiger partial charge on any atom is 0.420 e. The van der Waals surface area contributed by atoms with Crippen molar-refractivity contribution in [3.05, 3.63) is 35.2 Å². The minimum atomic E-state index is -4.76. The van der Waals surface area contributed by atoms with Gasteiger partial charge in [-0.3, -0.25) is 4.68 Å². The Bertz CT molecular complexity index is 1370. The Morgan fingerprint density at radius 2 is 1.95 bits per heavy atom. The SMILES string of the molecule is Cn1cc(S(=O)(=O)N2CC[C@H](Nc3ncc(C(F)(F)F)c(-c4ncc(CC(C)(C)O)s4)n3)[C@H](F)C2)cn1. The lowest BCUT2D eigenvalue weighted by molar-refractivity contribution is -0.137. The Balaban J connectivity index is 1.54. The van der Waals surface area contributed by atoms with Crippen molar-refractivity contribution in [1.82, 2.24) is 29.0 Å². The van der Waals surface area contributed by atoms with Gasteiger partial charge in [0.15, 0.2) is 0 Å². The van der Waals surface area contributed by atoms with Gasteiger partial charge in [-0.25, -0.2) is 27.8 Å². The second-order valence-electron chi connectivity index (χ2n) is 9.34. The Kier molecular flexibility index (Phi) is 7.31. The Labute approximate surface area is 214 Å². The van der Waals surface area contributed by atoms with Crippen LogP contribution in [0.5, 0.6) is 0 Å². The average Bonchev–Trinajstić information content (AvgIpc) is 3.42. The number of aliphatic hydroxyl groups is 1. The second kappa shape index (κ2) is 9.89. The number of aromatic nitrogens is 5. The van der Waals surface area contributed by atoms with Crippen molar-refractivity contribution in [2.24, 2.45) is 7.05 Å². The van der Waals surface area contributed by atoms with Crippen molar-refractivity contribution in [2.45, 2.75) is 55.6 Å². The molecule has 37 heavy (non-hydrogen) atoms. The Hall–Kier alpha value is -2.69. The van der Waals surface area contributed by atoms with Gasteiger partial charge in [0, 0.05) is 50.0 Å². The van der Waals surface area contributed by atoms with Crippen molar-refractivity contribution in [3.8, 4) is 10.7 Å². The largest absolute Gasteiger partial charge is 0.420 e. The highest BCUT2D eigenvalue weighted by Crippen LogP contribution is 2.38. The monoisotopic (exact) mass is 563 g/mol. The fourth-order valence-electron chi connectivity index (χ4n) is 3.85. The molecule has 0 unspecified atom stereocenters. The Morgan fingerprint density at radius 1 is 1.22 bits per heavy atom. The number of piperidine rings is 1. The molecule has 1 aliphatic heterocycles. The molecule has 0 bridgehead atoms. The van der Waals surface area contributed by atoms with E-state index in [2.05, 4.69) is 25.4 Å². The maximum atomic E-state index is 15.0. The van der Waals surface area contributed by atoms with Gasteiger partial charge in [-0.1, -0.05) is 0 Å². The fourth-order valence-corrected chi connectivity index (χ4v) is 6.44. The highest BCUT2D eigenvalue weighted by atomic mass is 32.2. The van der Waals surface area contributed by atoms with Gasteiger partial charge >= 0.3 is 6.18 Å². The van der Waals surface area contributed by atoms with Crippen molar-refractivity contribution in [3.63, 3.8) is 0 Å². The van der Waals surface area contributed by atoms with Crippen molar-refractivity contribution >= 4 is 27.3 Å². The topological polar surface area (TPSA) is 126 Å². The number of nitrogens with one attached hydrogen (secondary N) is 1. The summed E-state index contributed by atoms with van der Waals surface area (Å²) >= 11 is 0.958. The van der Waals surface area contributed by atoms with Crippen LogP contribution in [0.2, 0.25) is 0 Å². The quantitative estimate of drug-likeness (QED) is 0.421. The molecular weight excluding hydrogens is 538 g/mol. The standard InChI is InChI=1S/C21H25F4N7O3S2/c1-20(2,33)6-12-7-26-18(36-12)17-14(21(23,24)25)9-27-19(30-17)29-16-4-5-32(11-15(16)22)37(34,35)13-8-28-31(3)10-13/h7-10,15-16,33H,4-6,11H2,1-3H3,(H,27,29,30)/t15-,16+/m1/s1. The molecule has 0 amide bonds. The predicted octanol–water partition coefficient (Wildman–Crippen LogP) is 2.88. The van der Waals surface area contributed by atoms with Crippen molar-refractivity contribution in [2.75, 3.05) is 18.4 Å². The lowest BCUT2D eigenvalue weighted by atomic mass is 10.1. The van der Waals surface area contributed by atoms with Crippen LogP contribution in [0, 0.1) is 0 Å². The van der Waals surface area contributed by atoms with Crippen LogP contribution >= 0.6 is 11.3 Å². The van der Waals surface area contributed by atoms with Gasteiger partial charge < -0.3 is 10.4 Å². The smallest absolute Gasteiger partial charge is 0.390 e. The molecule has 1 saturated heterocycles. The molecule has 0 radical (unpaired) electrons. The van der Waals surface area contributed by atoms with Gasteiger partial charge in [-0.05, 0) is 20.3 Å². The van der Waals surface area contributed by atoms with Crippen LogP contribution in [-0.2, 0) is 29.7 Å². The van der Waals surface area contributed by atoms with Crippen LogP contribution in [0.1, 0.15) is 30.7 Å². The Morgan fingerprint density at radius 3 is 2.54 bits per heavy atom. The van der Waals surface area contributed by atoms with Crippen LogP contribution in [0.15, 0.2) is 29.7 Å². The molecule has 0 aromatic carbocycles. The molecule has 0 aliphatic carbocycles. The van der Waals surface area contributed by atoms with Crippen LogP contribution < -0.4 is 5.32 Å². The number of hydrogen-bond acceptors (Lipinski definition) is 9.